The number of hydrogen-bond donors (Lipinski definition) is 0. The lowest BCUT2D eigenvalue weighted by atomic mass is 10.1. The van der Waals surface area contributed by atoms with Crippen LogP contribution in [0.1, 0.15) is 16.8 Å². The third-order valence-corrected chi connectivity index (χ3v) is 7.14. The highest BCUT2D eigenvalue weighted by Gasteiger charge is 2.24. The lowest BCUT2D eigenvalue weighted by molar-refractivity contribution is -0.119. The summed E-state index contributed by atoms with van der Waals surface area (Å²) in [4.78, 5) is 53.7. The molecule has 0 fully saturated rings. The minimum absolute atomic E-state index is 0.148. The van der Waals surface area contributed by atoms with E-state index >= 15 is 0 Å². The molecule has 10 nitrogen and oxygen atoms in total. The molecule has 0 unspecified atom stereocenters. The van der Waals surface area contributed by atoms with Crippen molar-refractivity contribution in [2.24, 2.45) is 14.1 Å². The lowest BCUT2D eigenvalue weighted by Crippen LogP contribution is -2.38. The Labute approximate surface area is 203 Å². The number of pyridine rings is 1. The first-order valence-electron chi connectivity index (χ1n) is 10.9. The topological polar surface area (TPSA) is 108 Å². The predicted octanol–water partition coefficient (Wildman–Crippen LogP) is 2.29. The maximum Gasteiger partial charge on any atom is 0.332 e. The molecule has 0 aliphatic carbocycles. The summed E-state index contributed by atoms with van der Waals surface area (Å²) in [6.45, 7) is 4.12. The second-order valence-corrected chi connectivity index (χ2v) is 9.46. The number of nitrogens with zero attached hydrogens (tertiary/aromatic N) is 7. The molecule has 0 saturated carbocycles. The number of hydrogen-bond acceptors (Lipinski definition) is 7. The van der Waals surface area contributed by atoms with E-state index in [0.717, 1.165) is 25.9 Å². The van der Waals surface area contributed by atoms with Crippen molar-refractivity contribution < 1.29 is 4.79 Å². The number of rotatable bonds is 5. The zero-order chi connectivity index (χ0) is 24.9. The smallest absolute Gasteiger partial charge is 0.315 e. The minimum Gasteiger partial charge on any atom is -0.315 e. The number of imidazole rings is 1. The summed E-state index contributed by atoms with van der Waals surface area (Å²) in [5.74, 6) is -0.278. The highest BCUT2D eigenvalue weighted by Crippen LogP contribution is 2.33. The molecule has 4 aromatic heterocycles. The van der Waals surface area contributed by atoms with Crippen LogP contribution >= 0.6 is 11.3 Å². The van der Waals surface area contributed by atoms with Crippen LogP contribution in [0, 0.1) is 13.8 Å². The van der Waals surface area contributed by atoms with Crippen LogP contribution in [0.5, 0.6) is 0 Å². The molecule has 178 valence electrons. The number of carbonyl (C=O) groups excluding carboxylic acids is 1. The van der Waals surface area contributed by atoms with Crippen molar-refractivity contribution in [3.8, 4) is 0 Å². The maximum atomic E-state index is 13.7. The lowest BCUT2D eigenvalue weighted by Gasteiger charge is -2.20. The zero-order valence-corrected chi connectivity index (χ0v) is 20.5. The van der Waals surface area contributed by atoms with Crippen LogP contribution < -0.4 is 16.1 Å². The van der Waals surface area contributed by atoms with Crippen LogP contribution in [0.4, 0.5) is 5.13 Å². The molecule has 11 heteroatoms. The normalized spacial score (nSPS) is 11.4. The largest absolute Gasteiger partial charge is 0.332 e. The van der Waals surface area contributed by atoms with Crippen LogP contribution in [-0.4, -0.2) is 34.6 Å². The van der Waals surface area contributed by atoms with Gasteiger partial charge in [0.2, 0.25) is 5.91 Å². The Morgan fingerprint density at radius 1 is 1.09 bits per heavy atom. The van der Waals surface area contributed by atoms with Gasteiger partial charge in [-0.3, -0.25) is 28.6 Å². The van der Waals surface area contributed by atoms with E-state index in [1.165, 1.54) is 33.8 Å². The Morgan fingerprint density at radius 2 is 1.89 bits per heavy atom. The van der Waals surface area contributed by atoms with Crippen LogP contribution in [-0.2, 0) is 32.0 Å². The van der Waals surface area contributed by atoms with E-state index in [1.807, 2.05) is 38.1 Å². The molecule has 35 heavy (non-hydrogen) atoms. The Hall–Kier alpha value is -4.12. The fourth-order valence-electron chi connectivity index (χ4n) is 4.14. The Morgan fingerprint density at radius 3 is 2.63 bits per heavy atom. The number of thiazole rings is 1. The quantitative estimate of drug-likeness (QED) is 0.375. The molecule has 0 aliphatic heterocycles. The van der Waals surface area contributed by atoms with Gasteiger partial charge in [0.1, 0.15) is 6.54 Å². The van der Waals surface area contributed by atoms with Crippen molar-refractivity contribution in [3.05, 3.63) is 80.5 Å². The monoisotopic (exact) mass is 489 g/mol. The third-order valence-electron chi connectivity index (χ3n) is 5.91. The SMILES string of the molecule is Cc1cc(C)c2sc(N(Cc3ccccn3)C(=O)Cn3cnc4c3c(=O)n(C)c(=O)n4C)nc2c1. The Kier molecular flexibility index (Phi) is 5.56. The molecule has 5 rings (SSSR count). The van der Waals surface area contributed by atoms with Crippen molar-refractivity contribution in [1.29, 1.82) is 0 Å². The van der Waals surface area contributed by atoms with E-state index in [2.05, 4.69) is 16.0 Å². The maximum absolute atomic E-state index is 13.7. The van der Waals surface area contributed by atoms with Gasteiger partial charge in [0.05, 0.1) is 28.8 Å². The van der Waals surface area contributed by atoms with E-state index in [9.17, 15) is 14.4 Å². The minimum atomic E-state index is -0.504. The molecule has 0 N–H and O–H groups in total. The zero-order valence-electron chi connectivity index (χ0n) is 19.7. The molecule has 0 saturated heterocycles. The number of fused-ring (bicyclic) bond motifs is 2. The fourth-order valence-corrected chi connectivity index (χ4v) is 5.18. The van der Waals surface area contributed by atoms with E-state index in [4.69, 9.17) is 4.98 Å². The first kappa shape index (κ1) is 22.7. The van der Waals surface area contributed by atoms with Gasteiger partial charge in [-0.05, 0) is 43.2 Å². The van der Waals surface area contributed by atoms with Crippen molar-refractivity contribution >= 4 is 43.8 Å². The highest BCUT2D eigenvalue weighted by molar-refractivity contribution is 7.22. The van der Waals surface area contributed by atoms with Gasteiger partial charge in [0, 0.05) is 20.3 Å². The molecule has 1 amide bonds. The van der Waals surface area contributed by atoms with Gasteiger partial charge in [-0.15, -0.1) is 0 Å². The fraction of sp³-hybridized carbons (Fsp3) is 0.250. The number of aromatic nitrogens is 6. The van der Waals surface area contributed by atoms with Crippen molar-refractivity contribution in [2.75, 3.05) is 4.90 Å². The third kappa shape index (κ3) is 3.93. The molecule has 0 atom stereocenters. The molecule has 0 aliphatic rings. The molecule has 0 radical (unpaired) electrons. The number of aryl methyl sites for hydroxylation is 3. The van der Waals surface area contributed by atoms with Crippen molar-refractivity contribution in [3.63, 3.8) is 0 Å². The van der Waals surface area contributed by atoms with Gasteiger partial charge in [0.25, 0.3) is 5.56 Å². The Balaban J connectivity index is 1.59. The number of benzene rings is 1. The molecule has 5 aromatic rings. The summed E-state index contributed by atoms with van der Waals surface area (Å²) in [6, 6.07) is 9.62. The molecule has 4 heterocycles. The molecular formula is C24H23N7O3S. The van der Waals surface area contributed by atoms with Crippen LogP contribution in [0.25, 0.3) is 21.4 Å². The summed E-state index contributed by atoms with van der Waals surface area (Å²) in [5, 5.41) is 0.550. The Bertz CT molecular complexity index is 1710. The van der Waals surface area contributed by atoms with Gasteiger partial charge in [-0.25, -0.2) is 14.8 Å². The number of amides is 1. The second kappa shape index (κ2) is 8.58. The van der Waals surface area contributed by atoms with Crippen LogP contribution in [0.15, 0.2) is 52.4 Å². The summed E-state index contributed by atoms with van der Waals surface area (Å²) >= 11 is 1.44. The van der Waals surface area contributed by atoms with Crippen LogP contribution in [0.3, 0.4) is 0 Å². The number of anilines is 1. The molecule has 1 aromatic carbocycles. The van der Waals surface area contributed by atoms with Crippen molar-refractivity contribution in [1.82, 2.24) is 28.7 Å². The van der Waals surface area contributed by atoms with Gasteiger partial charge < -0.3 is 4.57 Å². The van der Waals surface area contributed by atoms with Gasteiger partial charge >= 0.3 is 5.69 Å². The predicted molar refractivity (Wildman–Crippen MR) is 135 cm³/mol. The van der Waals surface area contributed by atoms with E-state index < -0.39 is 11.2 Å². The van der Waals surface area contributed by atoms with Crippen molar-refractivity contribution in [2.45, 2.75) is 26.9 Å². The first-order chi connectivity index (χ1) is 16.7. The highest BCUT2D eigenvalue weighted by atomic mass is 32.1. The van der Waals surface area contributed by atoms with E-state index in [0.29, 0.717) is 10.8 Å². The summed E-state index contributed by atoms with van der Waals surface area (Å²) < 4.78 is 4.80. The number of carbonyl (C=O) groups is 1. The standard InChI is InChI=1S/C24H23N7O3S/c1-14-9-15(2)20-17(10-14)27-23(35-20)31(11-16-7-5-6-8-25-16)18(32)12-30-13-26-21-19(30)22(33)29(4)24(34)28(21)3/h5-10,13H,11-12H2,1-4H3. The molecule has 0 bridgehead atoms. The van der Waals surface area contributed by atoms with Gasteiger partial charge in [-0.1, -0.05) is 23.5 Å². The summed E-state index contributed by atoms with van der Waals surface area (Å²) in [5.41, 5.74) is 3.18. The van der Waals surface area contributed by atoms with Crippen LogP contribution in [0.2, 0.25) is 0 Å². The van der Waals surface area contributed by atoms with E-state index in [-0.39, 0.29) is 30.2 Å². The van der Waals surface area contributed by atoms with Gasteiger partial charge in [0.15, 0.2) is 16.3 Å². The average Bonchev–Trinajstić information content (AvgIpc) is 3.45. The van der Waals surface area contributed by atoms with Gasteiger partial charge in [-0.2, -0.15) is 0 Å². The average molecular weight is 490 g/mol. The molecule has 0 spiro atoms. The molecular weight excluding hydrogens is 466 g/mol. The van der Waals surface area contributed by atoms with E-state index in [1.54, 1.807) is 18.1 Å². The summed E-state index contributed by atoms with van der Waals surface area (Å²) in [6.07, 6.45) is 3.09. The second-order valence-electron chi connectivity index (χ2n) is 8.48. The first-order valence-corrected chi connectivity index (χ1v) is 11.7. The summed E-state index contributed by atoms with van der Waals surface area (Å²) in [7, 11) is 2.95.